The van der Waals surface area contributed by atoms with Gasteiger partial charge in [-0.2, -0.15) is 0 Å². The van der Waals surface area contributed by atoms with Crippen molar-refractivity contribution in [1.82, 2.24) is 14.8 Å². The van der Waals surface area contributed by atoms with Crippen molar-refractivity contribution in [3.8, 4) is 16.9 Å². The summed E-state index contributed by atoms with van der Waals surface area (Å²) in [5.41, 5.74) is 2.17. The molecule has 182 valence electrons. The van der Waals surface area contributed by atoms with Gasteiger partial charge in [0.2, 0.25) is 5.91 Å². The average Bonchev–Trinajstić information content (AvgIpc) is 3.18. The predicted molar refractivity (Wildman–Crippen MR) is 128 cm³/mol. The van der Waals surface area contributed by atoms with Crippen molar-refractivity contribution in [3.05, 3.63) is 64.3 Å². The number of fused-ring (bicyclic) bond motifs is 1. The van der Waals surface area contributed by atoms with Crippen LogP contribution in [0.25, 0.3) is 21.9 Å². The second-order valence-electron chi connectivity index (χ2n) is 8.90. The van der Waals surface area contributed by atoms with Gasteiger partial charge in [-0.3, -0.25) is 14.5 Å². The molecular formula is C26H26FN3O5. The maximum absolute atomic E-state index is 13.8. The summed E-state index contributed by atoms with van der Waals surface area (Å²) in [5, 5.41) is 13.7. The molecule has 2 aromatic carbocycles. The van der Waals surface area contributed by atoms with Crippen LogP contribution < -0.4 is 10.9 Å². The number of urea groups is 1. The minimum atomic E-state index is -0.428. The molecule has 2 N–H and O–H groups in total. The second kappa shape index (κ2) is 9.50. The van der Waals surface area contributed by atoms with E-state index in [1.54, 1.807) is 28.8 Å². The number of imide groups is 1. The van der Waals surface area contributed by atoms with E-state index < -0.39 is 6.03 Å². The Kier molecular flexibility index (Phi) is 6.25. The summed E-state index contributed by atoms with van der Waals surface area (Å²) in [6.45, 7) is 1.59. The lowest BCUT2D eigenvalue weighted by molar-refractivity contribution is -0.125. The number of nitrogens with one attached hydrogen (secondary N) is 1. The number of nitrogens with zero attached hydrogens (tertiary/aromatic N) is 2. The van der Waals surface area contributed by atoms with E-state index in [4.69, 9.17) is 4.74 Å². The van der Waals surface area contributed by atoms with E-state index in [1.807, 2.05) is 0 Å². The average molecular weight is 480 g/mol. The van der Waals surface area contributed by atoms with E-state index >= 15 is 0 Å². The number of halogens is 1. The summed E-state index contributed by atoms with van der Waals surface area (Å²) in [4.78, 5) is 38.8. The Hall–Kier alpha value is -3.72. The summed E-state index contributed by atoms with van der Waals surface area (Å²) >= 11 is 0. The van der Waals surface area contributed by atoms with E-state index in [0.717, 1.165) is 34.6 Å². The zero-order valence-electron chi connectivity index (χ0n) is 19.1. The van der Waals surface area contributed by atoms with E-state index in [9.17, 15) is 23.9 Å². The number of phenolic OH excluding ortho intramolecular Hbond substituents is 1. The molecule has 3 amide bonds. The predicted octanol–water partition coefficient (Wildman–Crippen LogP) is 3.35. The first-order valence-electron chi connectivity index (χ1n) is 11.8. The summed E-state index contributed by atoms with van der Waals surface area (Å²) in [6, 6.07) is 10.5. The molecule has 0 radical (unpaired) electrons. The number of aromatic hydroxyl groups is 1. The van der Waals surface area contributed by atoms with E-state index in [0.29, 0.717) is 30.4 Å². The lowest BCUT2D eigenvalue weighted by Gasteiger charge is -2.29. The maximum Gasteiger partial charge on any atom is 0.324 e. The Morgan fingerprint density at radius 1 is 1.00 bits per heavy atom. The highest BCUT2D eigenvalue weighted by atomic mass is 19.1. The van der Waals surface area contributed by atoms with Crippen LogP contribution in [0, 0.1) is 5.82 Å². The van der Waals surface area contributed by atoms with Gasteiger partial charge in [-0.15, -0.1) is 0 Å². The molecule has 0 unspecified atom stereocenters. The third-order valence-electron chi connectivity index (χ3n) is 6.74. The van der Waals surface area contributed by atoms with Crippen molar-refractivity contribution in [2.45, 2.75) is 31.7 Å². The molecule has 5 rings (SSSR count). The topological polar surface area (TPSA) is 101 Å². The Balaban J connectivity index is 1.67. The molecule has 0 aliphatic carbocycles. The van der Waals surface area contributed by atoms with Gasteiger partial charge in [-0.05, 0) is 60.5 Å². The fraction of sp³-hybridized carbons (Fsp3) is 0.346. The molecule has 2 fully saturated rings. The number of carbonyl (C=O) groups excluding carboxylic acids is 2. The fourth-order valence-corrected chi connectivity index (χ4v) is 5.06. The molecule has 0 atom stereocenters. The van der Waals surface area contributed by atoms with Crippen LogP contribution in [0.2, 0.25) is 0 Å². The SMILES string of the molecule is O=C1CNC(=O)N1CCCn1c(C2CCOCC2)c(-c2ccc(F)cc2)c2ccc(O)cc2c1=O. The zero-order valence-corrected chi connectivity index (χ0v) is 19.1. The van der Waals surface area contributed by atoms with Crippen LogP contribution in [-0.2, 0) is 16.1 Å². The highest BCUT2D eigenvalue weighted by molar-refractivity contribution is 6.02. The van der Waals surface area contributed by atoms with Crippen LogP contribution in [0.5, 0.6) is 5.75 Å². The number of ether oxygens (including phenoxy) is 1. The Morgan fingerprint density at radius 2 is 1.74 bits per heavy atom. The van der Waals surface area contributed by atoms with Gasteiger partial charge in [0.15, 0.2) is 0 Å². The van der Waals surface area contributed by atoms with E-state index in [1.165, 1.54) is 18.2 Å². The number of benzene rings is 2. The highest BCUT2D eigenvalue weighted by Crippen LogP contribution is 2.39. The molecule has 0 spiro atoms. The summed E-state index contributed by atoms with van der Waals surface area (Å²) in [5.74, 6) is -0.636. The summed E-state index contributed by atoms with van der Waals surface area (Å²) in [6.07, 6.45) is 1.84. The molecule has 9 heteroatoms. The van der Waals surface area contributed by atoms with Gasteiger partial charge in [-0.25, -0.2) is 9.18 Å². The lowest BCUT2D eigenvalue weighted by Crippen LogP contribution is -2.34. The van der Waals surface area contributed by atoms with Gasteiger partial charge < -0.3 is 19.7 Å². The van der Waals surface area contributed by atoms with Gasteiger partial charge in [0.25, 0.3) is 5.56 Å². The van der Waals surface area contributed by atoms with Crippen LogP contribution in [0.1, 0.15) is 30.9 Å². The second-order valence-corrected chi connectivity index (χ2v) is 8.90. The third kappa shape index (κ3) is 4.39. The number of carbonyl (C=O) groups is 2. The lowest BCUT2D eigenvalue weighted by atomic mass is 9.86. The van der Waals surface area contributed by atoms with Crippen LogP contribution in [0.15, 0.2) is 47.3 Å². The molecule has 1 aromatic heterocycles. The summed E-state index contributed by atoms with van der Waals surface area (Å²) < 4.78 is 21.0. The first-order chi connectivity index (χ1) is 16.9. The van der Waals surface area contributed by atoms with Crippen molar-refractivity contribution < 1.29 is 23.8 Å². The van der Waals surface area contributed by atoms with Crippen LogP contribution >= 0.6 is 0 Å². The number of rotatable bonds is 6. The maximum atomic E-state index is 13.8. The number of phenols is 1. The molecule has 3 heterocycles. The Bertz CT molecular complexity index is 1330. The van der Waals surface area contributed by atoms with Crippen LogP contribution in [0.4, 0.5) is 9.18 Å². The molecule has 3 aromatic rings. The van der Waals surface area contributed by atoms with Gasteiger partial charge in [-0.1, -0.05) is 12.1 Å². The number of hydrogen-bond donors (Lipinski definition) is 2. The van der Waals surface area contributed by atoms with Gasteiger partial charge in [0.05, 0.1) is 11.9 Å². The molecule has 2 aliphatic heterocycles. The van der Waals surface area contributed by atoms with Gasteiger partial charge in [0.1, 0.15) is 11.6 Å². The van der Waals surface area contributed by atoms with Gasteiger partial charge in [0, 0.05) is 43.5 Å². The fourth-order valence-electron chi connectivity index (χ4n) is 5.06. The number of pyridine rings is 1. The van der Waals surface area contributed by atoms with E-state index in [-0.39, 0.29) is 48.6 Å². The van der Waals surface area contributed by atoms with Crippen LogP contribution in [-0.4, -0.2) is 52.8 Å². The smallest absolute Gasteiger partial charge is 0.324 e. The molecule has 0 bridgehead atoms. The molecular weight excluding hydrogens is 453 g/mol. The van der Waals surface area contributed by atoms with Crippen molar-refractivity contribution in [3.63, 3.8) is 0 Å². The van der Waals surface area contributed by atoms with Crippen molar-refractivity contribution in [2.24, 2.45) is 0 Å². The Morgan fingerprint density at radius 3 is 2.43 bits per heavy atom. The van der Waals surface area contributed by atoms with Crippen molar-refractivity contribution >= 4 is 22.7 Å². The molecule has 2 saturated heterocycles. The molecule has 35 heavy (non-hydrogen) atoms. The number of hydrogen-bond acceptors (Lipinski definition) is 5. The van der Waals surface area contributed by atoms with Gasteiger partial charge >= 0.3 is 6.03 Å². The van der Waals surface area contributed by atoms with Crippen molar-refractivity contribution in [2.75, 3.05) is 26.3 Å². The molecule has 0 saturated carbocycles. The van der Waals surface area contributed by atoms with Crippen LogP contribution in [0.3, 0.4) is 0 Å². The first kappa shape index (κ1) is 23.0. The number of amides is 3. The zero-order chi connectivity index (χ0) is 24.5. The van der Waals surface area contributed by atoms with E-state index in [2.05, 4.69) is 5.32 Å². The minimum Gasteiger partial charge on any atom is -0.508 e. The monoisotopic (exact) mass is 479 g/mol. The van der Waals surface area contributed by atoms with Crippen molar-refractivity contribution in [1.29, 1.82) is 0 Å². The quantitative estimate of drug-likeness (QED) is 0.528. The molecule has 8 nitrogen and oxygen atoms in total. The summed E-state index contributed by atoms with van der Waals surface area (Å²) in [7, 11) is 0. The first-order valence-corrected chi connectivity index (χ1v) is 11.8. The largest absolute Gasteiger partial charge is 0.508 e. The normalized spacial score (nSPS) is 16.8. The molecule has 2 aliphatic rings. The third-order valence-corrected chi connectivity index (χ3v) is 6.74. The standard InChI is InChI=1S/C26H26FN3O5/c27-18-4-2-16(3-5-18)23-20-7-6-19(31)14-21(20)25(33)30(24(23)17-8-12-35-13-9-17)11-1-10-29-22(32)15-28-26(29)34/h2-7,14,17,31H,1,8-13,15H2,(H,28,34). The Labute approximate surface area is 200 Å². The highest BCUT2D eigenvalue weighted by Gasteiger charge is 2.29. The minimum absolute atomic E-state index is 0.0178. The number of aromatic nitrogens is 1.